The summed E-state index contributed by atoms with van der Waals surface area (Å²) in [6.45, 7) is 2.71. The SMILES string of the molecule is CCCC1(C(=O)N[C@@H](CC(=O)OC)C(=O)O)CCCN1. The Kier molecular flexibility index (Phi) is 5.94. The van der Waals surface area contributed by atoms with Crippen molar-refractivity contribution >= 4 is 17.8 Å². The molecule has 0 aromatic rings. The summed E-state index contributed by atoms with van der Waals surface area (Å²) in [4.78, 5) is 34.7. The first-order chi connectivity index (χ1) is 9.45. The molecule has 0 aromatic carbocycles. The van der Waals surface area contributed by atoms with Crippen LogP contribution in [0.5, 0.6) is 0 Å². The van der Waals surface area contributed by atoms with Gasteiger partial charge in [0.1, 0.15) is 6.04 Å². The van der Waals surface area contributed by atoms with Crippen LogP contribution in [-0.2, 0) is 19.1 Å². The number of carbonyl (C=O) groups is 3. The lowest BCUT2D eigenvalue weighted by Crippen LogP contribution is -2.57. The molecule has 2 atom stereocenters. The van der Waals surface area contributed by atoms with Gasteiger partial charge in [-0.3, -0.25) is 9.59 Å². The Bertz CT molecular complexity index is 377. The molecule has 1 aliphatic heterocycles. The zero-order valence-electron chi connectivity index (χ0n) is 11.9. The Morgan fingerprint density at radius 3 is 2.60 bits per heavy atom. The van der Waals surface area contributed by atoms with Crippen molar-refractivity contribution < 1.29 is 24.2 Å². The summed E-state index contributed by atoms with van der Waals surface area (Å²) >= 11 is 0. The fourth-order valence-electron chi connectivity index (χ4n) is 2.50. The van der Waals surface area contributed by atoms with E-state index < -0.39 is 23.5 Å². The van der Waals surface area contributed by atoms with Crippen LogP contribution in [0, 0.1) is 0 Å². The molecule has 0 saturated carbocycles. The smallest absolute Gasteiger partial charge is 0.326 e. The summed E-state index contributed by atoms with van der Waals surface area (Å²) in [5.41, 5.74) is -0.710. The third-order valence-corrected chi connectivity index (χ3v) is 3.56. The van der Waals surface area contributed by atoms with Crippen LogP contribution < -0.4 is 10.6 Å². The lowest BCUT2D eigenvalue weighted by molar-refractivity contribution is -0.149. The highest BCUT2D eigenvalue weighted by atomic mass is 16.5. The monoisotopic (exact) mass is 286 g/mol. The largest absolute Gasteiger partial charge is 0.480 e. The van der Waals surface area contributed by atoms with Gasteiger partial charge in [-0.15, -0.1) is 0 Å². The van der Waals surface area contributed by atoms with Gasteiger partial charge in [-0.25, -0.2) is 4.79 Å². The molecular weight excluding hydrogens is 264 g/mol. The molecule has 3 N–H and O–H groups in total. The summed E-state index contributed by atoms with van der Waals surface area (Å²) < 4.78 is 4.44. The number of carboxylic acid groups (broad SMARTS) is 1. The molecule has 1 saturated heterocycles. The number of carboxylic acids is 1. The zero-order chi connectivity index (χ0) is 15.2. The van der Waals surface area contributed by atoms with Crippen molar-refractivity contribution in [2.45, 2.75) is 50.6 Å². The van der Waals surface area contributed by atoms with E-state index in [1.807, 2.05) is 6.92 Å². The number of methoxy groups -OCH3 is 1. The number of hydrogen-bond donors (Lipinski definition) is 3. The van der Waals surface area contributed by atoms with Crippen LogP contribution >= 0.6 is 0 Å². The molecule has 1 aliphatic rings. The van der Waals surface area contributed by atoms with Crippen LogP contribution in [0.2, 0.25) is 0 Å². The van der Waals surface area contributed by atoms with Crippen molar-refractivity contribution in [1.29, 1.82) is 0 Å². The molecule has 20 heavy (non-hydrogen) atoms. The van der Waals surface area contributed by atoms with Gasteiger partial charge in [0, 0.05) is 0 Å². The van der Waals surface area contributed by atoms with Gasteiger partial charge in [0.05, 0.1) is 19.1 Å². The number of esters is 1. The highest BCUT2D eigenvalue weighted by Gasteiger charge is 2.41. The molecule has 1 amide bonds. The molecule has 0 spiro atoms. The number of hydrogen-bond acceptors (Lipinski definition) is 5. The Hall–Kier alpha value is -1.63. The molecule has 1 fully saturated rings. The second-order valence-electron chi connectivity index (χ2n) is 5.01. The van der Waals surface area contributed by atoms with Gasteiger partial charge < -0.3 is 20.5 Å². The average molecular weight is 286 g/mol. The number of nitrogens with one attached hydrogen (secondary N) is 2. The quantitative estimate of drug-likeness (QED) is 0.571. The Morgan fingerprint density at radius 1 is 1.45 bits per heavy atom. The maximum Gasteiger partial charge on any atom is 0.326 e. The molecule has 0 aromatic heterocycles. The van der Waals surface area contributed by atoms with Crippen molar-refractivity contribution in [3.63, 3.8) is 0 Å². The number of aliphatic carboxylic acids is 1. The van der Waals surface area contributed by atoms with E-state index in [2.05, 4.69) is 15.4 Å². The van der Waals surface area contributed by atoms with Gasteiger partial charge in [-0.05, 0) is 25.8 Å². The molecule has 7 nitrogen and oxygen atoms in total. The van der Waals surface area contributed by atoms with Gasteiger partial charge in [0.15, 0.2) is 0 Å². The minimum atomic E-state index is -1.26. The van der Waals surface area contributed by atoms with Crippen LogP contribution in [-0.4, -0.2) is 48.2 Å². The Labute approximate surface area is 118 Å². The first-order valence-corrected chi connectivity index (χ1v) is 6.81. The van der Waals surface area contributed by atoms with Gasteiger partial charge in [0.25, 0.3) is 0 Å². The van der Waals surface area contributed by atoms with E-state index in [1.54, 1.807) is 0 Å². The molecule has 114 valence electrons. The molecule has 1 unspecified atom stereocenters. The first kappa shape index (κ1) is 16.4. The fourth-order valence-corrected chi connectivity index (χ4v) is 2.50. The second kappa shape index (κ2) is 7.23. The summed E-state index contributed by atoms with van der Waals surface area (Å²) in [6.07, 6.45) is 2.64. The highest BCUT2D eigenvalue weighted by Crippen LogP contribution is 2.25. The minimum absolute atomic E-state index is 0.354. The summed E-state index contributed by atoms with van der Waals surface area (Å²) in [5.74, 6) is -2.26. The number of rotatable bonds is 7. The topological polar surface area (TPSA) is 105 Å². The lowest BCUT2D eigenvalue weighted by atomic mass is 9.90. The molecule has 1 heterocycles. The van der Waals surface area contributed by atoms with E-state index in [1.165, 1.54) is 7.11 Å². The van der Waals surface area contributed by atoms with Crippen LogP contribution in [0.1, 0.15) is 39.0 Å². The van der Waals surface area contributed by atoms with Crippen LogP contribution in [0.4, 0.5) is 0 Å². The van der Waals surface area contributed by atoms with Crippen molar-refractivity contribution in [3.05, 3.63) is 0 Å². The molecule has 0 bridgehead atoms. The maximum atomic E-state index is 12.4. The molecule has 7 heteroatoms. The lowest BCUT2D eigenvalue weighted by Gasteiger charge is -2.29. The number of ether oxygens (including phenoxy) is 1. The van der Waals surface area contributed by atoms with Crippen LogP contribution in [0.25, 0.3) is 0 Å². The van der Waals surface area contributed by atoms with E-state index >= 15 is 0 Å². The third kappa shape index (κ3) is 3.93. The Balaban J connectivity index is 2.73. The van der Waals surface area contributed by atoms with Gasteiger partial charge in [-0.2, -0.15) is 0 Å². The Morgan fingerprint density at radius 2 is 2.15 bits per heavy atom. The van der Waals surface area contributed by atoms with Gasteiger partial charge in [0.2, 0.25) is 5.91 Å². The van der Waals surface area contributed by atoms with E-state index in [-0.39, 0.29) is 12.3 Å². The number of amides is 1. The van der Waals surface area contributed by atoms with Gasteiger partial charge >= 0.3 is 11.9 Å². The van der Waals surface area contributed by atoms with Crippen LogP contribution in [0.15, 0.2) is 0 Å². The van der Waals surface area contributed by atoms with Gasteiger partial charge in [-0.1, -0.05) is 13.3 Å². The van der Waals surface area contributed by atoms with Crippen molar-refractivity contribution in [2.24, 2.45) is 0 Å². The summed E-state index contributed by atoms with van der Waals surface area (Å²) in [5, 5.41) is 14.7. The molecule has 0 radical (unpaired) electrons. The highest BCUT2D eigenvalue weighted by molar-refractivity contribution is 5.92. The zero-order valence-corrected chi connectivity index (χ0v) is 11.9. The van der Waals surface area contributed by atoms with E-state index in [0.29, 0.717) is 12.8 Å². The molecule has 0 aliphatic carbocycles. The standard InChI is InChI=1S/C13H22N2O5/c1-3-5-13(6-4-7-14-13)12(19)15-9(11(17)18)8-10(16)20-2/h9,14H,3-8H2,1-2H3,(H,15,19)(H,17,18)/t9-,13?/m0/s1. The van der Waals surface area contributed by atoms with Crippen molar-refractivity contribution in [1.82, 2.24) is 10.6 Å². The first-order valence-electron chi connectivity index (χ1n) is 6.81. The summed E-state index contributed by atoms with van der Waals surface area (Å²) in [7, 11) is 1.18. The minimum Gasteiger partial charge on any atom is -0.480 e. The maximum absolute atomic E-state index is 12.4. The second-order valence-corrected chi connectivity index (χ2v) is 5.01. The molecular formula is C13H22N2O5. The van der Waals surface area contributed by atoms with Crippen molar-refractivity contribution in [3.8, 4) is 0 Å². The third-order valence-electron chi connectivity index (χ3n) is 3.56. The predicted octanol–water partition coefficient (Wildman–Crippen LogP) is 0.0412. The van der Waals surface area contributed by atoms with E-state index in [4.69, 9.17) is 5.11 Å². The predicted molar refractivity (Wildman–Crippen MR) is 71.1 cm³/mol. The van der Waals surface area contributed by atoms with Crippen molar-refractivity contribution in [2.75, 3.05) is 13.7 Å². The molecule has 1 rings (SSSR count). The van der Waals surface area contributed by atoms with Crippen LogP contribution in [0.3, 0.4) is 0 Å². The summed E-state index contributed by atoms with van der Waals surface area (Å²) in [6, 6.07) is -1.26. The normalized spacial score (nSPS) is 23.1. The fraction of sp³-hybridized carbons (Fsp3) is 0.769. The number of carbonyl (C=O) groups excluding carboxylic acids is 2. The van der Waals surface area contributed by atoms with E-state index in [9.17, 15) is 14.4 Å². The van der Waals surface area contributed by atoms with E-state index in [0.717, 1.165) is 19.4 Å². The average Bonchev–Trinajstić information content (AvgIpc) is 2.87.